The van der Waals surface area contributed by atoms with Gasteiger partial charge in [-0.2, -0.15) is 0 Å². The highest BCUT2D eigenvalue weighted by Gasteiger charge is 2.22. The van der Waals surface area contributed by atoms with Crippen molar-refractivity contribution in [3.05, 3.63) is 47.0 Å². The van der Waals surface area contributed by atoms with Crippen LogP contribution in [0.1, 0.15) is 30.2 Å². The van der Waals surface area contributed by atoms with Gasteiger partial charge < -0.3 is 9.64 Å². The van der Waals surface area contributed by atoms with Crippen LogP contribution in [0, 0.1) is 0 Å². The van der Waals surface area contributed by atoms with Crippen LogP contribution in [0.5, 0.6) is 0 Å². The Hall–Kier alpha value is -1.92. The quantitative estimate of drug-likeness (QED) is 0.867. The highest BCUT2D eigenvalue weighted by Crippen LogP contribution is 2.22. The number of nitrogens with zero attached hydrogens (tertiary/aromatic N) is 2. The standard InChI is InChI=1S/C18H23N3O2S/c1-2-21(13-15-9-6-10-23-15)18(22)20-17-19-12-16(24-17)11-14-7-4-3-5-8-14/h3-5,7-8,12,15H,2,6,9-11,13H2,1H3,(H,19,20,22)/t15-/m0/s1. The van der Waals surface area contributed by atoms with E-state index in [1.807, 2.05) is 31.3 Å². The molecule has 1 aliphatic heterocycles. The molecule has 5 nitrogen and oxygen atoms in total. The van der Waals surface area contributed by atoms with E-state index >= 15 is 0 Å². The molecular formula is C18H23N3O2S. The first-order valence-electron chi connectivity index (χ1n) is 8.40. The van der Waals surface area contributed by atoms with Crippen molar-refractivity contribution >= 4 is 22.5 Å². The second-order valence-electron chi connectivity index (χ2n) is 5.90. The number of ether oxygens (including phenoxy) is 1. The maximum Gasteiger partial charge on any atom is 0.323 e. The Labute approximate surface area is 146 Å². The molecule has 3 rings (SSSR count). The molecule has 1 aliphatic rings. The van der Waals surface area contributed by atoms with Gasteiger partial charge in [0.2, 0.25) is 0 Å². The van der Waals surface area contributed by atoms with Crippen LogP contribution in [0.15, 0.2) is 36.5 Å². The maximum atomic E-state index is 12.4. The third kappa shape index (κ3) is 4.55. The van der Waals surface area contributed by atoms with Crippen LogP contribution in [0.2, 0.25) is 0 Å². The SMILES string of the molecule is CCN(C[C@@H]1CCCO1)C(=O)Nc1ncc(Cc2ccccc2)s1. The summed E-state index contributed by atoms with van der Waals surface area (Å²) in [4.78, 5) is 19.7. The summed E-state index contributed by atoms with van der Waals surface area (Å²) in [5.74, 6) is 0. The van der Waals surface area contributed by atoms with Gasteiger partial charge in [0.1, 0.15) is 0 Å². The van der Waals surface area contributed by atoms with Crippen molar-refractivity contribution in [2.75, 3.05) is 25.0 Å². The third-order valence-electron chi connectivity index (χ3n) is 4.11. The fourth-order valence-corrected chi connectivity index (χ4v) is 3.64. The van der Waals surface area contributed by atoms with Crippen LogP contribution >= 0.6 is 11.3 Å². The van der Waals surface area contributed by atoms with Gasteiger partial charge in [-0.05, 0) is 25.3 Å². The predicted molar refractivity (Wildman–Crippen MR) is 96.6 cm³/mol. The number of nitrogens with one attached hydrogen (secondary N) is 1. The molecule has 0 radical (unpaired) electrons. The topological polar surface area (TPSA) is 54.5 Å². The number of likely N-dealkylation sites (N-methyl/N-ethyl adjacent to an activating group) is 1. The maximum absolute atomic E-state index is 12.4. The summed E-state index contributed by atoms with van der Waals surface area (Å²) in [5, 5.41) is 3.56. The van der Waals surface area contributed by atoms with Crippen molar-refractivity contribution < 1.29 is 9.53 Å². The minimum absolute atomic E-state index is 0.103. The Morgan fingerprint density at radius 3 is 2.96 bits per heavy atom. The Bertz CT molecular complexity index is 653. The highest BCUT2D eigenvalue weighted by atomic mass is 32.1. The summed E-state index contributed by atoms with van der Waals surface area (Å²) in [7, 11) is 0. The van der Waals surface area contributed by atoms with Gasteiger partial charge in [-0.3, -0.25) is 5.32 Å². The summed E-state index contributed by atoms with van der Waals surface area (Å²) in [6.45, 7) is 4.09. The average Bonchev–Trinajstić information content (AvgIpc) is 3.25. The fraction of sp³-hybridized carbons (Fsp3) is 0.444. The Morgan fingerprint density at radius 1 is 1.42 bits per heavy atom. The van der Waals surface area contributed by atoms with Crippen LogP contribution < -0.4 is 5.32 Å². The first kappa shape index (κ1) is 16.9. The Balaban J connectivity index is 1.55. The van der Waals surface area contributed by atoms with E-state index in [1.165, 1.54) is 16.9 Å². The number of hydrogen-bond donors (Lipinski definition) is 1. The average molecular weight is 345 g/mol. The van der Waals surface area contributed by atoms with E-state index in [0.717, 1.165) is 30.7 Å². The van der Waals surface area contributed by atoms with Gasteiger partial charge in [-0.1, -0.05) is 30.3 Å². The van der Waals surface area contributed by atoms with Crippen LogP contribution in [0.25, 0.3) is 0 Å². The van der Waals surface area contributed by atoms with Gasteiger partial charge in [0.05, 0.1) is 6.10 Å². The molecule has 1 aromatic carbocycles. The van der Waals surface area contributed by atoms with E-state index in [0.29, 0.717) is 18.2 Å². The molecule has 1 fully saturated rings. The van der Waals surface area contributed by atoms with E-state index in [4.69, 9.17) is 4.74 Å². The zero-order chi connectivity index (χ0) is 16.8. The molecule has 24 heavy (non-hydrogen) atoms. The lowest BCUT2D eigenvalue weighted by Gasteiger charge is -2.23. The smallest absolute Gasteiger partial charge is 0.323 e. The molecule has 0 bridgehead atoms. The van der Waals surface area contributed by atoms with Crippen molar-refractivity contribution in [1.82, 2.24) is 9.88 Å². The van der Waals surface area contributed by atoms with Crippen molar-refractivity contribution in [3.63, 3.8) is 0 Å². The first-order chi connectivity index (χ1) is 11.7. The zero-order valence-electron chi connectivity index (χ0n) is 13.9. The van der Waals surface area contributed by atoms with Crippen molar-refractivity contribution in [2.45, 2.75) is 32.3 Å². The van der Waals surface area contributed by atoms with E-state index in [1.54, 1.807) is 4.90 Å². The molecule has 0 unspecified atom stereocenters. The van der Waals surface area contributed by atoms with E-state index < -0.39 is 0 Å². The molecular weight excluding hydrogens is 322 g/mol. The molecule has 2 heterocycles. The normalized spacial score (nSPS) is 17.0. The fourth-order valence-electron chi connectivity index (χ4n) is 2.80. The number of aromatic nitrogens is 1. The van der Waals surface area contributed by atoms with Crippen molar-refractivity contribution in [3.8, 4) is 0 Å². The predicted octanol–water partition coefficient (Wildman–Crippen LogP) is 3.77. The van der Waals surface area contributed by atoms with Gasteiger partial charge >= 0.3 is 6.03 Å². The molecule has 0 spiro atoms. The van der Waals surface area contributed by atoms with Crippen molar-refractivity contribution in [2.24, 2.45) is 0 Å². The first-order valence-corrected chi connectivity index (χ1v) is 9.22. The minimum Gasteiger partial charge on any atom is -0.376 e. The molecule has 1 aromatic heterocycles. The molecule has 6 heteroatoms. The molecule has 1 atom stereocenters. The number of carbonyl (C=O) groups excluding carboxylic acids is 1. The van der Waals surface area contributed by atoms with Gasteiger partial charge in [0.15, 0.2) is 5.13 Å². The van der Waals surface area contributed by atoms with Gasteiger partial charge in [0, 0.05) is 37.2 Å². The largest absolute Gasteiger partial charge is 0.376 e. The summed E-state index contributed by atoms with van der Waals surface area (Å²) in [6, 6.07) is 10.2. The van der Waals surface area contributed by atoms with Crippen molar-refractivity contribution in [1.29, 1.82) is 0 Å². The van der Waals surface area contributed by atoms with Gasteiger partial charge in [0.25, 0.3) is 0 Å². The Kier molecular flexibility index (Phi) is 5.82. The zero-order valence-corrected chi connectivity index (χ0v) is 14.7. The number of rotatable bonds is 6. The van der Waals surface area contributed by atoms with Crippen LogP contribution in [-0.4, -0.2) is 41.7 Å². The number of hydrogen-bond acceptors (Lipinski definition) is 4. The van der Waals surface area contributed by atoms with Gasteiger partial charge in [-0.25, -0.2) is 9.78 Å². The number of thiazole rings is 1. The van der Waals surface area contributed by atoms with Gasteiger partial charge in [-0.15, -0.1) is 11.3 Å². The van der Waals surface area contributed by atoms with E-state index in [2.05, 4.69) is 22.4 Å². The second kappa shape index (κ2) is 8.26. The third-order valence-corrected chi connectivity index (χ3v) is 5.02. The lowest BCUT2D eigenvalue weighted by molar-refractivity contribution is 0.0849. The molecule has 0 aliphatic carbocycles. The Morgan fingerprint density at radius 2 is 2.25 bits per heavy atom. The van der Waals surface area contributed by atoms with Crippen LogP contribution in [0.3, 0.4) is 0 Å². The lowest BCUT2D eigenvalue weighted by Crippen LogP contribution is -2.39. The molecule has 0 saturated carbocycles. The van der Waals surface area contributed by atoms with Crippen LogP contribution in [-0.2, 0) is 11.2 Å². The molecule has 1 N–H and O–H groups in total. The number of urea groups is 1. The summed E-state index contributed by atoms with van der Waals surface area (Å²) >= 11 is 1.53. The number of amides is 2. The summed E-state index contributed by atoms with van der Waals surface area (Å²) < 4.78 is 5.62. The van der Waals surface area contributed by atoms with E-state index in [9.17, 15) is 4.79 Å². The van der Waals surface area contributed by atoms with Crippen LogP contribution in [0.4, 0.5) is 9.93 Å². The number of anilines is 1. The second-order valence-corrected chi connectivity index (χ2v) is 7.01. The minimum atomic E-state index is -0.103. The number of carbonyl (C=O) groups is 1. The molecule has 128 valence electrons. The molecule has 1 saturated heterocycles. The number of benzene rings is 1. The van der Waals surface area contributed by atoms with E-state index in [-0.39, 0.29) is 12.1 Å². The molecule has 2 amide bonds. The highest BCUT2D eigenvalue weighted by molar-refractivity contribution is 7.15. The lowest BCUT2D eigenvalue weighted by atomic mass is 10.1. The molecule has 2 aromatic rings. The monoisotopic (exact) mass is 345 g/mol. The summed E-state index contributed by atoms with van der Waals surface area (Å²) in [5.41, 5.74) is 1.24. The summed E-state index contributed by atoms with van der Waals surface area (Å²) in [6.07, 6.45) is 4.95.